The van der Waals surface area contributed by atoms with E-state index in [4.69, 9.17) is 28.5 Å². The van der Waals surface area contributed by atoms with Crippen molar-refractivity contribution in [3.63, 3.8) is 0 Å². The Bertz CT molecular complexity index is 542. The molecule has 1 rings (SSSR count). The number of hydrogen-bond donors (Lipinski definition) is 1. The predicted molar refractivity (Wildman–Crippen MR) is 84.2 cm³/mol. The molecule has 0 fully saturated rings. The molecule has 0 unspecified atom stereocenters. The van der Waals surface area contributed by atoms with Gasteiger partial charge in [-0.2, -0.15) is 5.26 Å². The van der Waals surface area contributed by atoms with Gasteiger partial charge < -0.3 is 5.32 Å². The van der Waals surface area contributed by atoms with Crippen molar-refractivity contribution in [2.75, 3.05) is 5.75 Å². The standard InChI is InChI=1S/C14H16Cl2N2OS/c1-9(2)14(3,8-17)18-13(19)7-20-12-6-10(15)4-5-11(12)16/h4-6,9H,7H2,1-3H3,(H,18,19)/t14-/m1/s1. The Hall–Kier alpha value is -0.890. The normalized spacial score (nSPS) is 13.7. The molecule has 0 aliphatic carbocycles. The summed E-state index contributed by atoms with van der Waals surface area (Å²) in [6, 6.07) is 7.24. The lowest BCUT2D eigenvalue weighted by Crippen LogP contribution is -2.49. The lowest BCUT2D eigenvalue weighted by Gasteiger charge is -2.27. The first-order chi connectivity index (χ1) is 9.28. The lowest BCUT2D eigenvalue weighted by atomic mass is 9.90. The van der Waals surface area contributed by atoms with Gasteiger partial charge in [0, 0.05) is 9.92 Å². The van der Waals surface area contributed by atoms with Crippen molar-refractivity contribution in [3.05, 3.63) is 28.2 Å². The van der Waals surface area contributed by atoms with E-state index >= 15 is 0 Å². The summed E-state index contributed by atoms with van der Waals surface area (Å²) in [5, 5.41) is 13.0. The van der Waals surface area contributed by atoms with Crippen molar-refractivity contribution >= 4 is 40.9 Å². The molecule has 1 atom stereocenters. The van der Waals surface area contributed by atoms with E-state index in [1.807, 2.05) is 13.8 Å². The van der Waals surface area contributed by atoms with E-state index in [-0.39, 0.29) is 17.6 Å². The summed E-state index contributed by atoms with van der Waals surface area (Å²) in [5.74, 6) is 0.00402. The van der Waals surface area contributed by atoms with Gasteiger partial charge in [0.05, 0.1) is 16.8 Å². The van der Waals surface area contributed by atoms with Crippen LogP contribution in [0.5, 0.6) is 0 Å². The zero-order valence-corrected chi connectivity index (χ0v) is 13.9. The molecule has 6 heteroatoms. The Balaban J connectivity index is 2.65. The van der Waals surface area contributed by atoms with Gasteiger partial charge >= 0.3 is 0 Å². The molecule has 1 aromatic carbocycles. The van der Waals surface area contributed by atoms with Crippen LogP contribution in [0.2, 0.25) is 10.0 Å². The number of rotatable bonds is 5. The summed E-state index contributed by atoms with van der Waals surface area (Å²) in [4.78, 5) is 12.7. The Labute approximate surface area is 133 Å². The monoisotopic (exact) mass is 330 g/mol. The van der Waals surface area contributed by atoms with Crippen LogP contribution in [0.25, 0.3) is 0 Å². The quantitative estimate of drug-likeness (QED) is 0.825. The van der Waals surface area contributed by atoms with E-state index in [9.17, 15) is 4.79 Å². The molecule has 1 aromatic rings. The maximum absolute atomic E-state index is 11.9. The maximum atomic E-state index is 11.9. The minimum atomic E-state index is -0.865. The van der Waals surface area contributed by atoms with Crippen LogP contribution in [0.1, 0.15) is 20.8 Å². The second-order valence-electron chi connectivity index (χ2n) is 4.88. The number of nitrogens with zero attached hydrogens (tertiary/aromatic N) is 1. The first kappa shape index (κ1) is 17.2. The van der Waals surface area contributed by atoms with Gasteiger partial charge in [0.2, 0.25) is 5.91 Å². The fraction of sp³-hybridized carbons (Fsp3) is 0.429. The van der Waals surface area contributed by atoms with Crippen molar-refractivity contribution < 1.29 is 4.79 Å². The van der Waals surface area contributed by atoms with Crippen molar-refractivity contribution in [3.8, 4) is 6.07 Å². The van der Waals surface area contributed by atoms with E-state index in [1.165, 1.54) is 11.8 Å². The second-order valence-corrected chi connectivity index (χ2v) is 6.74. The van der Waals surface area contributed by atoms with Gasteiger partial charge in [-0.3, -0.25) is 4.79 Å². The van der Waals surface area contributed by atoms with E-state index in [0.29, 0.717) is 10.0 Å². The average molecular weight is 331 g/mol. The number of carbonyl (C=O) groups excluding carboxylic acids is 1. The van der Waals surface area contributed by atoms with Crippen molar-refractivity contribution in [2.45, 2.75) is 31.2 Å². The maximum Gasteiger partial charge on any atom is 0.231 e. The van der Waals surface area contributed by atoms with E-state index in [0.717, 1.165) is 4.90 Å². The summed E-state index contributed by atoms with van der Waals surface area (Å²) in [6.45, 7) is 5.50. The van der Waals surface area contributed by atoms with Crippen molar-refractivity contribution in [2.24, 2.45) is 5.92 Å². The van der Waals surface area contributed by atoms with Crippen LogP contribution in [0.4, 0.5) is 0 Å². The van der Waals surface area contributed by atoms with Crippen LogP contribution in [0.15, 0.2) is 23.1 Å². The third-order valence-corrected chi connectivity index (χ3v) is 4.77. The SMILES string of the molecule is CC(C)[C@@](C)(C#N)NC(=O)CSc1cc(Cl)ccc1Cl. The summed E-state index contributed by atoms with van der Waals surface area (Å²) >= 11 is 13.2. The van der Waals surface area contributed by atoms with Crippen LogP contribution in [0.3, 0.4) is 0 Å². The van der Waals surface area contributed by atoms with Crippen LogP contribution in [-0.2, 0) is 4.79 Å². The molecule has 108 valence electrons. The van der Waals surface area contributed by atoms with E-state index in [1.54, 1.807) is 25.1 Å². The van der Waals surface area contributed by atoms with Crippen LogP contribution in [-0.4, -0.2) is 17.2 Å². The summed E-state index contributed by atoms with van der Waals surface area (Å²) in [6.07, 6.45) is 0. The van der Waals surface area contributed by atoms with E-state index < -0.39 is 5.54 Å². The first-order valence-corrected chi connectivity index (χ1v) is 7.82. The number of nitriles is 1. The molecule has 0 spiro atoms. The third-order valence-electron chi connectivity index (χ3n) is 3.04. The number of thioether (sulfide) groups is 1. The van der Waals surface area contributed by atoms with Gasteiger partial charge in [-0.15, -0.1) is 11.8 Å². The molecule has 0 saturated carbocycles. The highest BCUT2D eigenvalue weighted by molar-refractivity contribution is 8.00. The van der Waals surface area contributed by atoms with Crippen molar-refractivity contribution in [1.29, 1.82) is 5.26 Å². The van der Waals surface area contributed by atoms with Crippen LogP contribution >= 0.6 is 35.0 Å². The molecule has 0 aliphatic heterocycles. The van der Waals surface area contributed by atoms with Gasteiger partial charge in [0.1, 0.15) is 5.54 Å². The number of carbonyl (C=O) groups is 1. The summed E-state index contributed by atoms with van der Waals surface area (Å²) < 4.78 is 0. The third kappa shape index (κ3) is 4.59. The molecule has 0 aromatic heterocycles. The Morgan fingerprint density at radius 1 is 1.50 bits per heavy atom. The number of nitrogens with one attached hydrogen (secondary N) is 1. The molecule has 1 amide bonds. The van der Waals surface area contributed by atoms with Crippen LogP contribution < -0.4 is 5.32 Å². The number of amides is 1. The highest BCUT2D eigenvalue weighted by atomic mass is 35.5. The second kappa shape index (κ2) is 7.21. The number of benzene rings is 1. The van der Waals surface area contributed by atoms with Crippen LogP contribution in [0, 0.1) is 17.2 Å². The molecule has 20 heavy (non-hydrogen) atoms. The predicted octanol–water partition coefficient (Wildman–Crippen LogP) is 4.14. The largest absolute Gasteiger partial charge is 0.337 e. The topological polar surface area (TPSA) is 52.9 Å². The van der Waals surface area contributed by atoms with Crippen molar-refractivity contribution in [1.82, 2.24) is 5.32 Å². The molecule has 0 bridgehead atoms. The molecule has 0 saturated heterocycles. The Kier molecular flexibility index (Phi) is 6.19. The smallest absolute Gasteiger partial charge is 0.231 e. The average Bonchev–Trinajstić information content (AvgIpc) is 2.39. The number of halogens is 2. The molecule has 0 heterocycles. The Morgan fingerprint density at radius 3 is 2.70 bits per heavy atom. The molecular weight excluding hydrogens is 315 g/mol. The summed E-state index contributed by atoms with van der Waals surface area (Å²) in [5.41, 5.74) is -0.865. The van der Waals surface area contributed by atoms with Gasteiger partial charge in [0.15, 0.2) is 0 Å². The Morgan fingerprint density at radius 2 is 2.15 bits per heavy atom. The first-order valence-electron chi connectivity index (χ1n) is 6.08. The minimum absolute atomic E-state index is 0.0243. The fourth-order valence-electron chi connectivity index (χ4n) is 1.36. The zero-order chi connectivity index (χ0) is 15.3. The fourth-order valence-corrected chi connectivity index (χ4v) is 2.65. The lowest BCUT2D eigenvalue weighted by molar-refractivity contribution is -0.120. The van der Waals surface area contributed by atoms with E-state index in [2.05, 4.69) is 11.4 Å². The van der Waals surface area contributed by atoms with Gasteiger partial charge in [0.25, 0.3) is 0 Å². The molecule has 3 nitrogen and oxygen atoms in total. The van der Waals surface area contributed by atoms with Gasteiger partial charge in [-0.05, 0) is 31.0 Å². The van der Waals surface area contributed by atoms with Gasteiger partial charge in [-0.1, -0.05) is 37.0 Å². The molecule has 0 radical (unpaired) electrons. The molecular formula is C14H16Cl2N2OS. The minimum Gasteiger partial charge on any atom is -0.337 e. The molecule has 1 N–H and O–H groups in total. The highest BCUT2D eigenvalue weighted by Gasteiger charge is 2.29. The zero-order valence-electron chi connectivity index (χ0n) is 11.5. The van der Waals surface area contributed by atoms with Gasteiger partial charge in [-0.25, -0.2) is 0 Å². The molecule has 0 aliphatic rings. The number of hydrogen-bond acceptors (Lipinski definition) is 3. The highest BCUT2D eigenvalue weighted by Crippen LogP contribution is 2.29. The summed E-state index contributed by atoms with van der Waals surface area (Å²) in [7, 11) is 0.